The van der Waals surface area contributed by atoms with E-state index in [0.29, 0.717) is 11.7 Å². The van der Waals surface area contributed by atoms with Crippen LogP contribution < -0.4 is 4.74 Å². The van der Waals surface area contributed by atoms with Crippen molar-refractivity contribution < 1.29 is 9.53 Å². The Morgan fingerprint density at radius 1 is 1.27 bits per heavy atom. The maximum Gasteiger partial charge on any atom is 0.317 e. The van der Waals surface area contributed by atoms with Crippen LogP contribution in [-0.2, 0) is 12.8 Å². The molecule has 4 nitrogen and oxygen atoms in total. The van der Waals surface area contributed by atoms with Gasteiger partial charge in [0.25, 0.3) is 0 Å². The molecule has 0 bridgehead atoms. The molecule has 1 heterocycles. The van der Waals surface area contributed by atoms with E-state index in [1.807, 2.05) is 0 Å². The molecule has 0 aliphatic heterocycles. The molecule has 0 saturated carbocycles. The number of aryl methyl sites for hydroxylation is 1. The Morgan fingerprint density at radius 3 is 2.67 bits per heavy atom. The van der Waals surface area contributed by atoms with Gasteiger partial charge in [0.05, 0.1) is 12.8 Å². The van der Waals surface area contributed by atoms with Gasteiger partial charge >= 0.3 is 6.01 Å². The molecule has 1 aromatic heterocycles. The Bertz CT molecular complexity index is 402. The number of aromatic nitrogens is 2. The van der Waals surface area contributed by atoms with Crippen molar-refractivity contribution in [1.29, 1.82) is 0 Å². The molecule has 1 aromatic rings. The van der Waals surface area contributed by atoms with Gasteiger partial charge < -0.3 is 4.74 Å². The first-order chi connectivity index (χ1) is 7.22. The monoisotopic (exact) mass is 206 g/mol. The molecule has 0 saturated heterocycles. The van der Waals surface area contributed by atoms with Crippen molar-refractivity contribution in [2.24, 2.45) is 0 Å². The Hall–Kier alpha value is -1.45. The summed E-state index contributed by atoms with van der Waals surface area (Å²) in [6.45, 7) is 1.54. The molecule has 0 unspecified atom stereocenters. The Morgan fingerprint density at radius 2 is 2.00 bits per heavy atom. The molecule has 4 heteroatoms. The number of fused-ring (bicyclic) bond motifs is 1. The average Bonchev–Trinajstić information content (AvgIpc) is 2.27. The zero-order valence-corrected chi connectivity index (χ0v) is 9.04. The second-order valence-corrected chi connectivity index (χ2v) is 3.75. The molecule has 0 radical (unpaired) electrons. The van der Waals surface area contributed by atoms with E-state index in [1.165, 1.54) is 14.0 Å². The number of Topliss-reactive ketones (excluding diaryl/α,β-unsaturated/α-hetero) is 1. The SMILES string of the molecule is COc1nc2c(c(C(C)=O)n1)CCCC2. The summed E-state index contributed by atoms with van der Waals surface area (Å²) in [6, 6.07) is 0.306. The molecule has 0 N–H and O–H groups in total. The molecule has 0 fully saturated rings. The first kappa shape index (κ1) is 10.1. The Kier molecular flexibility index (Phi) is 2.66. The van der Waals surface area contributed by atoms with E-state index in [4.69, 9.17) is 4.74 Å². The van der Waals surface area contributed by atoms with Gasteiger partial charge in [-0.15, -0.1) is 0 Å². The van der Waals surface area contributed by atoms with Crippen molar-refractivity contribution in [3.05, 3.63) is 17.0 Å². The number of carbonyl (C=O) groups is 1. The fourth-order valence-electron chi connectivity index (χ4n) is 1.95. The number of ketones is 1. The Labute approximate surface area is 88.7 Å². The van der Waals surface area contributed by atoms with E-state index in [9.17, 15) is 4.79 Å². The van der Waals surface area contributed by atoms with E-state index in [0.717, 1.165) is 36.9 Å². The topological polar surface area (TPSA) is 52.1 Å². The van der Waals surface area contributed by atoms with Gasteiger partial charge in [0, 0.05) is 12.5 Å². The summed E-state index contributed by atoms with van der Waals surface area (Å²) in [4.78, 5) is 19.9. The Balaban J connectivity index is 2.55. The van der Waals surface area contributed by atoms with Gasteiger partial charge in [-0.2, -0.15) is 9.97 Å². The lowest BCUT2D eigenvalue weighted by molar-refractivity contribution is 0.101. The minimum absolute atomic E-state index is 0.00569. The van der Waals surface area contributed by atoms with Crippen LogP contribution in [0.25, 0.3) is 0 Å². The minimum atomic E-state index is -0.00569. The largest absolute Gasteiger partial charge is 0.467 e. The van der Waals surface area contributed by atoms with Crippen molar-refractivity contribution in [2.45, 2.75) is 32.6 Å². The van der Waals surface area contributed by atoms with E-state index in [1.54, 1.807) is 0 Å². The van der Waals surface area contributed by atoms with Crippen molar-refractivity contribution in [3.63, 3.8) is 0 Å². The molecule has 1 aliphatic rings. The third-order valence-electron chi connectivity index (χ3n) is 2.68. The third kappa shape index (κ3) is 1.84. The second kappa shape index (κ2) is 3.96. The number of hydrogen-bond acceptors (Lipinski definition) is 4. The zero-order valence-electron chi connectivity index (χ0n) is 9.04. The van der Waals surface area contributed by atoms with Crippen molar-refractivity contribution in [2.75, 3.05) is 7.11 Å². The summed E-state index contributed by atoms with van der Waals surface area (Å²) >= 11 is 0. The summed E-state index contributed by atoms with van der Waals surface area (Å²) in [5, 5.41) is 0. The smallest absolute Gasteiger partial charge is 0.317 e. The first-order valence-corrected chi connectivity index (χ1v) is 5.17. The second-order valence-electron chi connectivity index (χ2n) is 3.75. The third-order valence-corrected chi connectivity index (χ3v) is 2.68. The fraction of sp³-hybridized carbons (Fsp3) is 0.545. The van der Waals surface area contributed by atoms with Crippen LogP contribution in [0.5, 0.6) is 6.01 Å². The van der Waals surface area contributed by atoms with Gasteiger partial charge in [-0.25, -0.2) is 0 Å². The first-order valence-electron chi connectivity index (χ1n) is 5.17. The maximum atomic E-state index is 11.4. The number of methoxy groups -OCH3 is 1. The van der Waals surface area contributed by atoms with Gasteiger partial charge in [0.2, 0.25) is 0 Å². The molecular formula is C11H14N2O2. The summed E-state index contributed by atoms with van der Waals surface area (Å²) in [5.41, 5.74) is 2.55. The van der Waals surface area contributed by atoms with Crippen LogP contribution in [0, 0.1) is 0 Å². The molecule has 1 aliphatic carbocycles. The molecule has 0 aromatic carbocycles. The fourth-order valence-corrected chi connectivity index (χ4v) is 1.95. The van der Waals surface area contributed by atoms with Gasteiger partial charge in [-0.1, -0.05) is 0 Å². The van der Waals surface area contributed by atoms with Crippen LogP contribution in [-0.4, -0.2) is 22.9 Å². The lowest BCUT2D eigenvalue weighted by atomic mass is 9.94. The summed E-state index contributed by atoms with van der Waals surface area (Å²) < 4.78 is 5.00. The van der Waals surface area contributed by atoms with Crippen molar-refractivity contribution in [1.82, 2.24) is 9.97 Å². The molecular weight excluding hydrogens is 192 g/mol. The van der Waals surface area contributed by atoms with E-state index < -0.39 is 0 Å². The van der Waals surface area contributed by atoms with Crippen LogP contribution in [0.2, 0.25) is 0 Å². The van der Waals surface area contributed by atoms with Gasteiger partial charge in [-0.05, 0) is 25.7 Å². The summed E-state index contributed by atoms with van der Waals surface area (Å²) in [7, 11) is 1.52. The highest BCUT2D eigenvalue weighted by Crippen LogP contribution is 2.24. The average molecular weight is 206 g/mol. The van der Waals surface area contributed by atoms with Gasteiger partial charge in [-0.3, -0.25) is 4.79 Å². The predicted octanol–water partition coefficient (Wildman–Crippen LogP) is 1.57. The highest BCUT2D eigenvalue weighted by atomic mass is 16.5. The molecule has 0 spiro atoms. The summed E-state index contributed by atoms with van der Waals surface area (Å²) in [6.07, 6.45) is 4.08. The van der Waals surface area contributed by atoms with E-state index in [-0.39, 0.29) is 5.78 Å². The lowest BCUT2D eigenvalue weighted by Gasteiger charge is -2.17. The molecule has 80 valence electrons. The standard InChI is InChI=1S/C11H14N2O2/c1-7(14)10-8-5-3-4-6-9(8)12-11(13-10)15-2/h3-6H2,1-2H3. The molecule has 15 heavy (non-hydrogen) atoms. The van der Waals surface area contributed by atoms with Crippen molar-refractivity contribution in [3.8, 4) is 6.01 Å². The quantitative estimate of drug-likeness (QED) is 0.689. The molecule has 2 rings (SSSR count). The van der Waals surface area contributed by atoms with Crippen LogP contribution in [0.1, 0.15) is 41.5 Å². The van der Waals surface area contributed by atoms with Gasteiger partial charge in [0.1, 0.15) is 5.69 Å². The highest BCUT2D eigenvalue weighted by molar-refractivity contribution is 5.93. The number of nitrogens with zero attached hydrogens (tertiary/aromatic N) is 2. The molecule has 0 amide bonds. The zero-order chi connectivity index (χ0) is 10.8. The van der Waals surface area contributed by atoms with Crippen LogP contribution in [0.15, 0.2) is 0 Å². The van der Waals surface area contributed by atoms with E-state index >= 15 is 0 Å². The van der Waals surface area contributed by atoms with Crippen LogP contribution >= 0.6 is 0 Å². The number of hydrogen-bond donors (Lipinski definition) is 0. The number of rotatable bonds is 2. The van der Waals surface area contributed by atoms with E-state index in [2.05, 4.69) is 9.97 Å². The number of ether oxygens (including phenoxy) is 1. The van der Waals surface area contributed by atoms with Crippen molar-refractivity contribution >= 4 is 5.78 Å². The van der Waals surface area contributed by atoms with Crippen LogP contribution in [0.3, 0.4) is 0 Å². The maximum absolute atomic E-state index is 11.4. The normalized spacial score (nSPS) is 14.5. The molecule has 0 atom stereocenters. The highest BCUT2D eigenvalue weighted by Gasteiger charge is 2.20. The number of carbonyl (C=O) groups excluding carboxylic acids is 1. The predicted molar refractivity (Wildman–Crippen MR) is 55.2 cm³/mol. The van der Waals surface area contributed by atoms with Gasteiger partial charge in [0.15, 0.2) is 5.78 Å². The van der Waals surface area contributed by atoms with Crippen LogP contribution in [0.4, 0.5) is 0 Å². The minimum Gasteiger partial charge on any atom is -0.467 e. The lowest BCUT2D eigenvalue weighted by Crippen LogP contribution is -2.14. The summed E-state index contributed by atoms with van der Waals surface area (Å²) in [5.74, 6) is -0.00569.